The summed E-state index contributed by atoms with van der Waals surface area (Å²) in [5.41, 5.74) is 3.31. The van der Waals surface area contributed by atoms with Crippen LogP contribution < -0.4 is 0 Å². The van der Waals surface area contributed by atoms with Crippen molar-refractivity contribution in [2.75, 3.05) is 0 Å². The second kappa shape index (κ2) is 5.74. The van der Waals surface area contributed by atoms with Gasteiger partial charge in [-0.25, -0.2) is 0 Å². The summed E-state index contributed by atoms with van der Waals surface area (Å²) in [7, 11) is 1.82. The normalized spacial score (nSPS) is 12.8. The summed E-state index contributed by atoms with van der Waals surface area (Å²) >= 11 is 0. The Labute approximate surface area is 145 Å². The lowest BCUT2D eigenvalue weighted by Gasteiger charge is -2.16. The monoisotopic (exact) mass is 331 g/mol. The number of hydrogen-bond donors (Lipinski definition) is 1. The molecule has 0 saturated carbocycles. The van der Waals surface area contributed by atoms with Crippen molar-refractivity contribution in [3.05, 3.63) is 88.2 Å². The fourth-order valence-electron chi connectivity index (χ4n) is 3.49. The maximum Gasteiger partial charge on any atom is 0.211 e. The molecule has 0 aliphatic heterocycles. The molecule has 0 saturated heterocycles. The zero-order valence-electron chi connectivity index (χ0n) is 13.8. The number of benzene rings is 2. The van der Waals surface area contributed by atoms with Gasteiger partial charge in [-0.3, -0.25) is 9.59 Å². The Morgan fingerprint density at radius 1 is 0.880 bits per heavy atom. The molecular formula is C21H17NO3. The van der Waals surface area contributed by atoms with Crippen LogP contribution in [0.25, 0.3) is 0 Å². The Kier molecular flexibility index (Phi) is 3.53. The number of phenols is 1. The van der Waals surface area contributed by atoms with Crippen LogP contribution in [0.2, 0.25) is 0 Å². The van der Waals surface area contributed by atoms with E-state index in [1.165, 1.54) is 11.6 Å². The molecule has 0 radical (unpaired) electrons. The molecule has 1 aromatic heterocycles. The van der Waals surface area contributed by atoms with Gasteiger partial charge < -0.3 is 9.67 Å². The minimum atomic E-state index is -0.288. The number of aromatic hydroxyl groups is 1. The molecule has 1 heterocycles. The van der Waals surface area contributed by atoms with Gasteiger partial charge in [0.2, 0.25) is 5.78 Å². The Bertz CT molecular complexity index is 997. The number of aryl methyl sites for hydroxylation is 2. The highest BCUT2D eigenvalue weighted by atomic mass is 16.3. The number of ketones is 2. The molecule has 0 amide bonds. The van der Waals surface area contributed by atoms with Crippen LogP contribution in [0.3, 0.4) is 0 Å². The molecule has 0 bridgehead atoms. The summed E-state index contributed by atoms with van der Waals surface area (Å²) in [4.78, 5) is 25.6. The Balaban J connectivity index is 1.73. The van der Waals surface area contributed by atoms with Gasteiger partial charge in [0, 0.05) is 18.3 Å². The summed E-state index contributed by atoms with van der Waals surface area (Å²) in [5, 5.41) is 10.0. The van der Waals surface area contributed by atoms with Crippen molar-refractivity contribution in [3.8, 4) is 5.75 Å². The van der Waals surface area contributed by atoms with Gasteiger partial charge in [0.05, 0.1) is 11.1 Å². The zero-order valence-corrected chi connectivity index (χ0v) is 13.8. The Hall–Kier alpha value is -3.14. The smallest absolute Gasteiger partial charge is 0.211 e. The van der Waals surface area contributed by atoms with E-state index >= 15 is 0 Å². The van der Waals surface area contributed by atoms with E-state index < -0.39 is 0 Å². The topological polar surface area (TPSA) is 59.3 Å². The maximum absolute atomic E-state index is 12.8. The molecule has 1 aliphatic carbocycles. The molecule has 4 rings (SSSR count). The van der Waals surface area contributed by atoms with E-state index in [9.17, 15) is 14.7 Å². The van der Waals surface area contributed by atoms with E-state index in [1.807, 2.05) is 29.8 Å². The highest BCUT2D eigenvalue weighted by Crippen LogP contribution is 2.34. The second-order valence-electron chi connectivity index (χ2n) is 6.30. The first kappa shape index (κ1) is 15.4. The minimum Gasteiger partial charge on any atom is -0.507 e. The molecule has 3 aromatic rings. The minimum absolute atomic E-state index is 0.111. The molecule has 1 aliphatic rings. The molecule has 0 fully saturated rings. The number of phenolic OH excluding ortho intramolecular Hbond substituents is 1. The molecule has 124 valence electrons. The molecule has 25 heavy (non-hydrogen) atoms. The summed E-state index contributed by atoms with van der Waals surface area (Å²) in [6.07, 6.45) is 1.56. The highest BCUT2D eigenvalue weighted by molar-refractivity contribution is 6.29. The number of aromatic nitrogens is 1. The molecule has 2 aromatic carbocycles. The maximum atomic E-state index is 12.8. The van der Waals surface area contributed by atoms with Crippen LogP contribution in [0.5, 0.6) is 5.75 Å². The van der Waals surface area contributed by atoms with Crippen molar-refractivity contribution in [2.24, 2.45) is 7.05 Å². The van der Waals surface area contributed by atoms with Gasteiger partial charge >= 0.3 is 0 Å². The van der Waals surface area contributed by atoms with Gasteiger partial charge in [0.25, 0.3) is 0 Å². The quantitative estimate of drug-likeness (QED) is 0.627. The zero-order chi connectivity index (χ0) is 17.6. The summed E-state index contributed by atoms with van der Waals surface area (Å²) < 4.78 is 1.81. The first-order chi connectivity index (χ1) is 12.1. The van der Waals surface area contributed by atoms with Crippen LogP contribution in [0.4, 0.5) is 0 Å². The number of rotatable bonds is 3. The molecule has 0 atom stereocenters. The molecule has 0 unspecified atom stereocenters. The average Bonchev–Trinajstić information content (AvgIpc) is 2.96. The Morgan fingerprint density at radius 2 is 1.64 bits per heavy atom. The third kappa shape index (κ3) is 2.38. The van der Waals surface area contributed by atoms with Crippen molar-refractivity contribution < 1.29 is 14.7 Å². The number of carbonyl (C=O) groups is 2. The fourth-order valence-corrected chi connectivity index (χ4v) is 3.49. The largest absolute Gasteiger partial charge is 0.507 e. The van der Waals surface area contributed by atoms with Crippen molar-refractivity contribution in [1.29, 1.82) is 0 Å². The second-order valence-corrected chi connectivity index (χ2v) is 6.30. The van der Waals surface area contributed by atoms with E-state index in [0.717, 1.165) is 18.5 Å². The van der Waals surface area contributed by atoms with E-state index in [2.05, 4.69) is 12.1 Å². The number of hydrogen-bond acceptors (Lipinski definition) is 3. The summed E-state index contributed by atoms with van der Waals surface area (Å²) in [6.45, 7) is 0. The summed E-state index contributed by atoms with van der Waals surface area (Å²) in [6, 6.07) is 16.5. The van der Waals surface area contributed by atoms with Gasteiger partial charge in [-0.05, 0) is 36.6 Å². The third-order valence-corrected chi connectivity index (χ3v) is 4.82. The van der Waals surface area contributed by atoms with Crippen LogP contribution in [0.1, 0.15) is 43.2 Å². The predicted molar refractivity (Wildman–Crippen MR) is 94.2 cm³/mol. The van der Waals surface area contributed by atoms with Gasteiger partial charge in [0.15, 0.2) is 5.78 Å². The number of nitrogens with zero attached hydrogens (tertiary/aromatic N) is 1. The molecular weight excluding hydrogens is 314 g/mol. The van der Waals surface area contributed by atoms with Crippen LogP contribution >= 0.6 is 0 Å². The van der Waals surface area contributed by atoms with Gasteiger partial charge in [-0.2, -0.15) is 0 Å². The van der Waals surface area contributed by atoms with E-state index in [4.69, 9.17) is 0 Å². The average molecular weight is 331 g/mol. The van der Waals surface area contributed by atoms with Gasteiger partial charge in [0.1, 0.15) is 11.4 Å². The van der Waals surface area contributed by atoms with Crippen LogP contribution in [0.15, 0.2) is 54.6 Å². The first-order valence-corrected chi connectivity index (χ1v) is 8.22. The van der Waals surface area contributed by atoms with Gasteiger partial charge in [-0.15, -0.1) is 0 Å². The third-order valence-electron chi connectivity index (χ3n) is 4.82. The fraction of sp³-hybridized carbons (Fsp3) is 0.143. The van der Waals surface area contributed by atoms with Crippen LogP contribution in [-0.4, -0.2) is 21.2 Å². The Morgan fingerprint density at radius 3 is 2.40 bits per heavy atom. The lowest BCUT2D eigenvalue weighted by molar-refractivity contribution is 0.0972. The molecule has 4 heteroatoms. The SMILES string of the molecule is Cn1c(CCc2ccccc2)cc2c1C(=O)c1cccc(O)c1C2=O. The van der Waals surface area contributed by atoms with Crippen molar-refractivity contribution >= 4 is 11.6 Å². The van der Waals surface area contributed by atoms with Gasteiger partial charge in [-0.1, -0.05) is 36.4 Å². The van der Waals surface area contributed by atoms with E-state index in [0.29, 0.717) is 11.3 Å². The van der Waals surface area contributed by atoms with E-state index in [1.54, 1.807) is 18.2 Å². The predicted octanol–water partition coefficient (Wildman–Crippen LogP) is 3.29. The molecule has 1 N–H and O–H groups in total. The molecule has 0 spiro atoms. The van der Waals surface area contributed by atoms with Crippen LogP contribution in [-0.2, 0) is 19.9 Å². The van der Waals surface area contributed by atoms with E-state index in [-0.39, 0.29) is 28.4 Å². The van der Waals surface area contributed by atoms with Crippen molar-refractivity contribution in [2.45, 2.75) is 12.8 Å². The number of carbonyl (C=O) groups excluding carboxylic acids is 2. The highest BCUT2D eigenvalue weighted by Gasteiger charge is 2.35. The standard InChI is InChI=1S/C21H17NO3/c1-22-14(11-10-13-6-3-2-4-7-13)12-16-19(22)21(25)15-8-5-9-17(23)18(15)20(16)24/h2-9,12,23H,10-11H2,1H3. The lowest BCUT2D eigenvalue weighted by Crippen LogP contribution is -2.22. The summed E-state index contributed by atoms with van der Waals surface area (Å²) in [5.74, 6) is -0.644. The van der Waals surface area contributed by atoms with Crippen LogP contribution in [0, 0.1) is 0 Å². The lowest BCUT2D eigenvalue weighted by atomic mass is 9.87. The number of fused-ring (bicyclic) bond motifs is 2. The first-order valence-electron chi connectivity index (χ1n) is 8.22. The van der Waals surface area contributed by atoms with Crippen molar-refractivity contribution in [1.82, 2.24) is 4.57 Å². The molecule has 4 nitrogen and oxygen atoms in total. The van der Waals surface area contributed by atoms with Crippen molar-refractivity contribution in [3.63, 3.8) is 0 Å².